The molecule has 4 atom stereocenters. The van der Waals surface area contributed by atoms with Crippen molar-refractivity contribution in [2.24, 2.45) is 11.7 Å². The first kappa shape index (κ1) is 26.7. The van der Waals surface area contributed by atoms with Gasteiger partial charge < -0.3 is 16.2 Å². The monoisotopic (exact) mass is 531 g/mol. The number of hydrogen-bond donors (Lipinski definition) is 3. The van der Waals surface area contributed by atoms with Crippen LogP contribution in [0.3, 0.4) is 0 Å². The summed E-state index contributed by atoms with van der Waals surface area (Å²) in [5.74, 6) is -1.16. The summed E-state index contributed by atoms with van der Waals surface area (Å²) < 4.78 is 31.8. The minimum atomic E-state index is -1.05. The first-order chi connectivity index (χ1) is 18.4. The molecule has 1 aromatic carbocycles. The van der Waals surface area contributed by atoms with Crippen molar-refractivity contribution in [3.05, 3.63) is 71.7 Å². The molecule has 8 nitrogen and oxygen atoms in total. The van der Waals surface area contributed by atoms with E-state index in [1.54, 1.807) is 45.4 Å². The van der Waals surface area contributed by atoms with Crippen molar-refractivity contribution in [3.8, 4) is 17.3 Å². The van der Waals surface area contributed by atoms with E-state index in [0.29, 0.717) is 23.6 Å². The highest BCUT2D eigenvalue weighted by Crippen LogP contribution is 2.43. The molecule has 0 radical (unpaired) electrons. The summed E-state index contributed by atoms with van der Waals surface area (Å²) in [5.41, 5.74) is 6.73. The quantitative estimate of drug-likeness (QED) is 0.323. The van der Waals surface area contributed by atoms with E-state index in [1.165, 1.54) is 22.7 Å². The van der Waals surface area contributed by atoms with Crippen LogP contribution in [0.2, 0.25) is 0 Å². The molecule has 1 aliphatic carbocycles. The molecule has 39 heavy (non-hydrogen) atoms. The first-order valence-electron chi connectivity index (χ1n) is 12.9. The van der Waals surface area contributed by atoms with Crippen LogP contribution in [0.1, 0.15) is 57.6 Å². The lowest BCUT2D eigenvalue weighted by molar-refractivity contribution is -0.0463. The smallest absolute Gasteiger partial charge is 0.229 e. The average Bonchev–Trinajstić information content (AvgIpc) is 3.29. The van der Waals surface area contributed by atoms with Crippen LogP contribution in [-0.4, -0.2) is 36.3 Å². The fourth-order valence-electron chi connectivity index (χ4n) is 5.26. The Labute approximate surface area is 225 Å². The van der Waals surface area contributed by atoms with Gasteiger partial charge in [0.25, 0.3) is 0 Å². The van der Waals surface area contributed by atoms with Gasteiger partial charge in [0.05, 0.1) is 51.9 Å². The van der Waals surface area contributed by atoms with Crippen molar-refractivity contribution in [2.45, 2.75) is 63.5 Å². The van der Waals surface area contributed by atoms with Crippen molar-refractivity contribution < 1.29 is 13.9 Å². The lowest BCUT2D eigenvalue weighted by Crippen LogP contribution is -2.54. The molecular formula is C29H31F2N7O. The summed E-state index contributed by atoms with van der Waals surface area (Å²) >= 11 is 0. The number of nitriles is 1. The van der Waals surface area contributed by atoms with Gasteiger partial charge in [0.15, 0.2) is 0 Å². The molecule has 0 saturated heterocycles. The lowest BCUT2D eigenvalue weighted by atomic mass is 9.68. The van der Waals surface area contributed by atoms with E-state index in [2.05, 4.69) is 26.5 Å². The second-order valence-electron chi connectivity index (χ2n) is 11.2. The number of nitrogens with zero attached hydrogens (tertiary/aromatic N) is 5. The van der Waals surface area contributed by atoms with Gasteiger partial charge in [-0.25, -0.2) is 13.8 Å². The Balaban J connectivity index is 1.50. The van der Waals surface area contributed by atoms with Crippen molar-refractivity contribution in [2.75, 3.05) is 5.32 Å². The minimum Gasteiger partial charge on any atom is -0.388 e. The third-order valence-electron chi connectivity index (χ3n) is 8.15. The molecule has 1 saturated carbocycles. The maximum Gasteiger partial charge on any atom is 0.229 e. The van der Waals surface area contributed by atoms with Crippen LogP contribution in [0.5, 0.6) is 0 Å². The number of benzene rings is 1. The average molecular weight is 532 g/mol. The summed E-state index contributed by atoms with van der Waals surface area (Å²) in [6.45, 7) is 6.99. The molecular weight excluding hydrogens is 500 g/mol. The highest BCUT2D eigenvalue weighted by atomic mass is 19.1. The molecule has 10 heteroatoms. The van der Waals surface area contributed by atoms with Crippen molar-refractivity contribution in [1.29, 1.82) is 5.26 Å². The van der Waals surface area contributed by atoms with Crippen LogP contribution in [0.4, 0.5) is 20.4 Å². The number of pyridine rings is 1. The van der Waals surface area contributed by atoms with E-state index < -0.39 is 22.7 Å². The van der Waals surface area contributed by atoms with Crippen LogP contribution < -0.4 is 11.1 Å². The first-order valence-corrected chi connectivity index (χ1v) is 12.9. The number of anilines is 2. The molecule has 0 spiro atoms. The number of halogens is 2. The topological polar surface area (TPSA) is 125 Å². The zero-order chi connectivity index (χ0) is 28.1. The zero-order valence-corrected chi connectivity index (χ0v) is 22.3. The summed E-state index contributed by atoms with van der Waals surface area (Å²) in [6, 6.07) is 9.18. The molecule has 3 aromatic heterocycles. The maximum absolute atomic E-state index is 15.1. The van der Waals surface area contributed by atoms with Gasteiger partial charge in [0, 0.05) is 12.2 Å². The van der Waals surface area contributed by atoms with Crippen molar-refractivity contribution in [1.82, 2.24) is 19.6 Å². The second-order valence-corrected chi connectivity index (χ2v) is 11.2. The largest absolute Gasteiger partial charge is 0.388 e. The van der Waals surface area contributed by atoms with Gasteiger partial charge in [0.2, 0.25) is 5.95 Å². The van der Waals surface area contributed by atoms with Gasteiger partial charge in [-0.05, 0) is 86.9 Å². The number of nitrogens with one attached hydrogen (secondary N) is 1. The normalized spacial score (nSPS) is 23.5. The van der Waals surface area contributed by atoms with Gasteiger partial charge >= 0.3 is 0 Å². The zero-order valence-electron chi connectivity index (χ0n) is 22.3. The van der Waals surface area contributed by atoms with Crippen LogP contribution in [0.15, 0.2) is 48.9 Å². The Morgan fingerprint density at radius 2 is 1.90 bits per heavy atom. The van der Waals surface area contributed by atoms with E-state index in [0.717, 1.165) is 12.0 Å². The van der Waals surface area contributed by atoms with Gasteiger partial charge in [-0.3, -0.25) is 4.98 Å². The second kappa shape index (κ2) is 9.67. The third kappa shape index (κ3) is 4.73. The van der Waals surface area contributed by atoms with Crippen LogP contribution in [0, 0.1) is 28.9 Å². The van der Waals surface area contributed by atoms with Gasteiger partial charge in [-0.1, -0.05) is 6.92 Å². The minimum absolute atomic E-state index is 0.00124. The van der Waals surface area contributed by atoms with Crippen LogP contribution >= 0.6 is 0 Å². The van der Waals surface area contributed by atoms with Crippen LogP contribution in [-0.2, 0) is 5.41 Å². The lowest BCUT2D eigenvalue weighted by Gasteiger charge is -2.44. The molecule has 0 unspecified atom stereocenters. The Kier molecular flexibility index (Phi) is 6.61. The molecule has 1 aliphatic rings. The van der Waals surface area contributed by atoms with Gasteiger partial charge in [-0.2, -0.15) is 14.9 Å². The highest BCUT2D eigenvalue weighted by Gasteiger charge is 2.42. The SMILES string of the molecule is C[C@H]1C[C@@H](c2ccncc2Nc2ncc3ccc(-c4c(F)cc(C(C)(C)C#N)cc4F)nn23)C[C@@H](N)[C@]1(C)O. The van der Waals surface area contributed by atoms with E-state index >= 15 is 8.78 Å². The number of aliphatic hydroxyl groups is 1. The van der Waals surface area contributed by atoms with Crippen molar-refractivity contribution >= 4 is 17.2 Å². The van der Waals surface area contributed by atoms with E-state index in [-0.39, 0.29) is 34.7 Å². The van der Waals surface area contributed by atoms with E-state index in [4.69, 9.17) is 5.73 Å². The molecule has 202 valence electrons. The summed E-state index contributed by atoms with van der Waals surface area (Å²) in [6.07, 6.45) is 6.37. The van der Waals surface area contributed by atoms with Gasteiger partial charge in [0.1, 0.15) is 11.6 Å². The molecule has 0 bridgehead atoms. The summed E-state index contributed by atoms with van der Waals surface area (Å²) in [5, 5.41) is 27.9. The molecule has 3 heterocycles. The fourth-order valence-corrected chi connectivity index (χ4v) is 5.26. The maximum atomic E-state index is 15.1. The Morgan fingerprint density at radius 3 is 2.56 bits per heavy atom. The molecule has 0 amide bonds. The predicted octanol–water partition coefficient (Wildman–Crippen LogP) is 5.21. The third-order valence-corrected chi connectivity index (χ3v) is 8.15. The number of fused-ring (bicyclic) bond motifs is 1. The molecule has 0 aliphatic heterocycles. The number of hydrogen-bond acceptors (Lipinski definition) is 7. The standard InChI is InChI=1S/C29H31F2N7O/c1-16-9-17(10-25(33)29(16,4)39)20-7-8-34-14-24(20)36-27-35-13-19-5-6-23(37-38(19)27)26-21(30)11-18(12-22(26)31)28(2,3)15-32/h5-8,11-14,16-17,25,39H,9-10,33H2,1-4H3,(H,35,36)/t16-,17+,25+,29+/m0/s1. The molecule has 4 aromatic rings. The Morgan fingerprint density at radius 1 is 1.18 bits per heavy atom. The number of rotatable bonds is 5. The molecule has 4 N–H and O–H groups in total. The van der Waals surface area contributed by atoms with Gasteiger partial charge in [-0.15, -0.1) is 0 Å². The highest BCUT2D eigenvalue weighted by molar-refractivity contribution is 5.66. The summed E-state index contributed by atoms with van der Waals surface area (Å²) in [7, 11) is 0. The molecule has 1 fully saturated rings. The summed E-state index contributed by atoms with van der Waals surface area (Å²) in [4.78, 5) is 8.71. The van der Waals surface area contributed by atoms with E-state index in [1.807, 2.05) is 13.0 Å². The van der Waals surface area contributed by atoms with E-state index in [9.17, 15) is 10.4 Å². The van der Waals surface area contributed by atoms with Crippen molar-refractivity contribution in [3.63, 3.8) is 0 Å². The number of nitrogens with two attached hydrogens (primary N) is 1. The number of imidazole rings is 1. The molecule has 5 rings (SSSR count). The Hall–Kier alpha value is -3.94. The van der Waals surface area contributed by atoms with Crippen LogP contribution in [0.25, 0.3) is 16.8 Å². The fraction of sp³-hybridized carbons (Fsp3) is 0.379. The Bertz CT molecular complexity index is 1550. The number of aromatic nitrogens is 4. The predicted molar refractivity (Wildman–Crippen MR) is 144 cm³/mol.